The fourth-order valence-corrected chi connectivity index (χ4v) is 4.47. The Balaban J connectivity index is 1.13. The molecular formula is C28H43N3O4. The van der Waals surface area contributed by atoms with E-state index in [1.807, 2.05) is 0 Å². The number of aliphatic hydroxyl groups excluding tert-OH is 2. The van der Waals surface area contributed by atoms with Crippen LogP contribution in [0.25, 0.3) is 0 Å². The Bertz CT molecular complexity index is 841. The highest BCUT2D eigenvalue weighted by Crippen LogP contribution is 2.21. The van der Waals surface area contributed by atoms with Crippen molar-refractivity contribution in [2.45, 2.75) is 70.5 Å². The van der Waals surface area contributed by atoms with Gasteiger partial charge in [0.1, 0.15) is 17.5 Å². The molecule has 1 aliphatic rings. The van der Waals surface area contributed by atoms with E-state index in [2.05, 4.69) is 39.5 Å². The van der Waals surface area contributed by atoms with E-state index in [1.54, 1.807) is 6.07 Å². The van der Waals surface area contributed by atoms with Crippen LogP contribution in [0.4, 0.5) is 5.69 Å². The summed E-state index contributed by atoms with van der Waals surface area (Å²) in [4.78, 5) is 6.59. The van der Waals surface area contributed by atoms with Crippen LogP contribution in [0, 0.1) is 0 Å². The Morgan fingerprint density at radius 3 is 2.43 bits per heavy atom. The zero-order chi connectivity index (χ0) is 24.7. The Kier molecular flexibility index (Phi) is 12.3. The van der Waals surface area contributed by atoms with E-state index in [0.717, 1.165) is 58.3 Å². The van der Waals surface area contributed by atoms with Gasteiger partial charge in [0, 0.05) is 38.5 Å². The van der Waals surface area contributed by atoms with E-state index < -0.39 is 6.10 Å². The van der Waals surface area contributed by atoms with Crippen LogP contribution in [0.15, 0.2) is 36.4 Å². The minimum atomic E-state index is -0.762. The molecule has 4 N–H and O–H groups in total. The van der Waals surface area contributed by atoms with Crippen LogP contribution < -0.4 is 10.2 Å². The molecule has 0 radical (unpaired) electrons. The summed E-state index contributed by atoms with van der Waals surface area (Å²) in [5.74, 6) is -0.0572. The van der Waals surface area contributed by atoms with Crippen molar-refractivity contribution in [3.63, 3.8) is 0 Å². The summed E-state index contributed by atoms with van der Waals surface area (Å²) in [5.41, 5.74) is 3.39. The summed E-state index contributed by atoms with van der Waals surface area (Å²) in [5, 5.41) is 32.2. The minimum absolute atomic E-state index is 0.0572. The molecule has 0 saturated carbocycles. The Morgan fingerprint density at radius 1 is 0.914 bits per heavy atom. The second-order valence-electron chi connectivity index (χ2n) is 9.42. The van der Waals surface area contributed by atoms with Gasteiger partial charge < -0.3 is 30.3 Å². The van der Waals surface area contributed by atoms with Crippen molar-refractivity contribution < 1.29 is 20.1 Å². The maximum atomic E-state index is 10.2. The maximum absolute atomic E-state index is 10.2. The van der Waals surface area contributed by atoms with Crippen molar-refractivity contribution in [1.82, 2.24) is 10.3 Å². The molecule has 1 aliphatic heterocycles. The summed E-state index contributed by atoms with van der Waals surface area (Å²) in [6, 6.07) is 12.1. The predicted octanol–water partition coefficient (Wildman–Crippen LogP) is 4.10. The van der Waals surface area contributed by atoms with Crippen LogP contribution in [0.3, 0.4) is 0 Å². The average molecular weight is 486 g/mol. The molecule has 0 bridgehead atoms. The fraction of sp³-hybridized carbons (Fsp3) is 0.607. The topological polar surface area (TPSA) is 98.1 Å². The van der Waals surface area contributed by atoms with Crippen molar-refractivity contribution in [3.8, 4) is 5.75 Å². The number of aromatic nitrogens is 1. The lowest BCUT2D eigenvalue weighted by Gasteiger charge is -2.28. The standard InChI is InChI=1S/C28H43N3O4/c32-22-26-27(33)15-14-25(30-26)28(34)21-29-16-4-1-2-7-19-35-20-8-9-23-10-12-24(13-11-23)31-17-5-3-6-18-31/h10-15,28-29,32-34H,1-9,16-22H2. The third-order valence-electron chi connectivity index (χ3n) is 6.60. The second kappa shape index (κ2) is 15.7. The fourth-order valence-electron chi connectivity index (χ4n) is 4.47. The molecular weight excluding hydrogens is 442 g/mol. The third kappa shape index (κ3) is 9.76. The first-order chi connectivity index (χ1) is 17.2. The first kappa shape index (κ1) is 27.4. The van der Waals surface area contributed by atoms with E-state index in [-0.39, 0.29) is 18.1 Å². The van der Waals surface area contributed by atoms with Gasteiger partial charge in [-0.2, -0.15) is 0 Å². The van der Waals surface area contributed by atoms with Crippen LogP contribution in [-0.2, 0) is 17.8 Å². The zero-order valence-corrected chi connectivity index (χ0v) is 21.0. The van der Waals surface area contributed by atoms with Gasteiger partial charge in [0.2, 0.25) is 0 Å². The molecule has 7 nitrogen and oxygen atoms in total. The second-order valence-corrected chi connectivity index (χ2v) is 9.42. The van der Waals surface area contributed by atoms with Crippen molar-refractivity contribution in [2.75, 3.05) is 44.3 Å². The van der Waals surface area contributed by atoms with Gasteiger partial charge in [-0.05, 0) is 81.3 Å². The lowest BCUT2D eigenvalue weighted by molar-refractivity contribution is 0.127. The zero-order valence-electron chi connectivity index (χ0n) is 21.0. The lowest BCUT2D eigenvalue weighted by Crippen LogP contribution is -2.29. The number of pyridine rings is 1. The Morgan fingerprint density at radius 2 is 1.66 bits per heavy atom. The highest BCUT2D eigenvalue weighted by atomic mass is 16.5. The largest absolute Gasteiger partial charge is 0.506 e. The van der Waals surface area contributed by atoms with E-state index >= 15 is 0 Å². The number of anilines is 1. The molecule has 2 heterocycles. The predicted molar refractivity (Wildman–Crippen MR) is 140 cm³/mol. The van der Waals surface area contributed by atoms with Gasteiger partial charge in [-0.25, -0.2) is 4.98 Å². The molecule has 2 aromatic rings. The maximum Gasteiger partial charge on any atom is 0.139 e. The van der Waals surface area contributed by atoms with Crippen LogP contribution in [0.2, 0.25) is 0 Å². The average Bonchev–Trinajstić information content (AvgIpc) is 2.90. The number of nitrogens with zero attached hydrogens (tertiary/aromatic N) is 2. The molecule has 7 heteroatoms. The van der Waals surface area contributed by atoms with E-state index in [4.69, 9.17) is 9.84 Å². The molecule has 0 aliphatic carbocycles. The summed E-state index contributed by atoms with van der Waals surface area (Å²) in [6.45, 7) is 4.90. The first-order valence-electron chi connectivity index (χ1n) is 13.3. The molecule has 1 saturated heterocycles. The molecule has 1 aromatic carbocycles. The molecule has 3 rings (SSSR count). The Hall–Kier alpha value is -2.19. The molecule has 1 unspecified atom stereocenters. The summed E-state index contributed by atoms with van der Waals surface area (Å²) < 4.78 is 5.81. The van der Waals surface area contributed by atoms with Crippen LogP contribution in [0.5, 0.6) is 5.75 Å². The van der Waals surface area contributed by atoms with Gasteiger partial charge in [-0.3, -0.25) is 0 Å². The quantitative estimate of drug-likeness (QED) is 0.266. The van der Waals surface area contributed by atoms with Crippen molar-refractivity contribution >= 4 is 5.69 Å². The molecule has 0 amide bonds. The van der Waals surface area contributed by atoms with Crippen LogP contribution in [-0.4, -0.2) is 59.7 Å². The molecule has 35 heavy (non-hydrogen) atoms. The number of hydrogen-bond acceptors (Lipinski definition) is 7. The number of aromatic hydroxyl groups is 1. The van der Waals surface area contributed by atoms with E-state index in [1.165, 1.54) is 49.7 Å². The van der Waals surface area contributed by atoms with Gasteiger partial charge in [0.25, 0.3) is 0 Å². The number of hydrogen-bond donors (Lipinski definition) is 4. The highest BCUT2D eigenvalue weighted by Gasteiger charge is 2.12. The van der Waals surface area contributed by atoms with Gasteiger partial charge in [-0.15, -0.1) is 0 Å². The third-order valence-corrected chi connectivity index (χ3v) is 6.60. The SMILES string of the molecule is OCc1nc(C(O)CNCCCCCCOCCCc2ccc(N3CCCCC3)cc2)ccc1O. The minimum Gasteiger partial charge on any atom is -0.506 e. The molecule has 194 valence electrons. The lowest BCUT2D eigenvalue weighted by atomic mass is 10.1. The molecule has 1 fully saturated rings. The summed E-state index contributed by atoms with van der Waals surface area (Å²) in [7, 11) is 0. The molecule has 1 aromatic heterocycles. The number of aliphatic hydroxyl groups is 2. The Labute approximate surface area is 210 Å². The smallest absolute Gasteiger partial charge is 0.139 e. The summed E-state index contributed by atoms with van der Waals surface area (Å²) >= 11 is 0. The monoisotopic (exact) mass is 485 g/mol. The normalized spacial score (nSPS) is 14.9. The number of unbranched alkanes of at least 4 members (excludes halogenated alkanes) is 3. The van der Waals surface area contributed by atoms with Crippen molar-refractivity contribution in [2.24, 2.45) is 0 Å². The van der Waals surface area contributed by atoms with Crippen LogP contribution in [0.1, 0.15) is 74.4 Å². The number of aryl methyl sites for hydroxylation is 1. The number of rotatable bonds is 16. The summed E-state index contributed by atoms with van der Waals surface area (Å²) in [6.07, 6.45) is 9.75. The van der Waals surface area contributed by atoms with Gasteiger partial charge >= 0.3 is 0 Å². The van der Waals surface area contributed by atoms with Crippen molar-refractivity contribution in [3.05, 3.63) is 53.3 Å². The number of benzene rings is 1. The number of ether oxygens (including phenoxy) is 1. The van der Waals surface area contributed by atoms with E-state index in [9.17, 15) is 10.2 Å². The van der Waals surface area contributed by atoms with Gasteiger partial charge in [0.15, 0.2) is 0 Å². The first-order valence-corrected chi connectivity index (χ1v) is 13.3. The number of nitrogens with one attached hydrogen (secondary N) is 1. The van der Waals surface area contributed by atoms with Gasteiger partial charge in [-0.1, -0.05) is 25.0 Å². The van der Waals surface area contributed by atoms with Crippen LogP contribution >= 0.6 is 0 Å². The molecule has 0 spiro atoms. The van der Waals surface area contributed by atoms with E-state index in [0.29, 0.717) is 12.2 Å². The number of piperidine rings is 1. The van der Waals surface area contributed by atoms with Crippen molar-refractivity contribution in [1.29, 1.82) is 0 Å². The molecule has 1 atom stereocenters. The van der Waals surface area contributed by atoms with Gasteiger partial charge in [0.05, 0.1) is 12.3 Å². The highest BCUT2D eigenvalue weighted by molar-refractivity contribution is 5.47.